The van der Waals surface area contributed by atoms with Gasteiger partial charge >= 0.3 is 0 Å². The van der Waals surface area contributed by atoms with Gasteiger partial charge < -0.3 is 9.80 Å². The molecule has 0 atom stereocenters. The van der Waals surface area contributed by atoms with Crippen molar-refractivity contribution >= 4 is 11.4 Å². The molecule has 0 fully saturated rings. The average molecular weight is 301 g/mol. The van der Waals surface area contributed by atoms with E-state index in [2.05, 4.69) is 0 Å². The van der Waals surface area contributed by atoms with E-state index in [1.807, 2.05) is 43.3 Å². The van der Waals surface area contributed by atoms with Gasteiger partial charge in [0.1, 0.15) is 5.69 Å². The maximum absolute atomic E-state index is 14.0. The van der Waals surface area contributed by atoms with E-state index in [0.717, 1.165) is 23.4 Å². The van der Waals surface area contributed by atoms with Crippen molar-refractivity contribution < 1.29 is 8.78 Å². The summed E-state index contributed by atoms with van der Waals surface area (Å²) >= 11 is 0. The highest BCUT2D eigenvalue weighted by Gasteiger charge is 2.16. The lowest BCUT2D eigenvalue weighted by molar-refractivity contribution is 0.576. The zero-order valence-corrected chi connectivity index (χ0v) is 12.8. The summed E-state index contributed by atoms with van der Waals surface area (Å²) in [7, 11) is 5.49. The van der Waals surface area contributed by atoms with E-state index in [0.29, 0.717) is 6.54 Å². The first kappa shape index (κ1) is 15.8. The van der Waals surface area contributed by atoms with Crippen LogP contribution in [0.2, 0.25) is 0 Å². The second-order valence-corrected chi connectivity index (χ2v) is 5.32. The fourth-order valence-electron chi connectivity index (χ4n) is 2.28. The minimum absolute atomic E-state index is 0.0262. The predicted molar refractivity (Wildman–Crippen MR) is 83.9 cm³/mol. The topological polar surface area (TPSA) is 30.3 Å². The number of rotatable bonds is 4. The van der Waals surface area contributed by atoms with Crippen LogP contribution < -0.4 is 9.80 Å². The molecular formula is C17H17F2N3. The molecule has 2 rings (SSSR count). The van der Waals surface area contributed by atoms with E-state index in [1.165, 1.54) is 4.90 Å². The van der Waals surface area contributed by atoms with Crippen LogP contribution in [-0.2, 0) is 6.54 Å². The summed E-state index contributed by atoms with van der Waals surface area (Å²) in [5, 5.41) is 8.73. The molecule has 0 aliphatic heterocycles. The Labute approximate surface area is 129 Å². The molecule has 0 saturated carbocycles. The van der Waals surface area contributed by atoms with Crippen molar-refractivity contribution in [3.8, 4) is 6.07 Å². The highest BCUT2D eigenvalue weighted by molar-refractivity contribution is 5.53. The third-order valence-electron chi connectivity index (χ3n) is 3.37. The second kappa shape index (κ2) is 6.44. The lowest BCUT2D eigenvalue weighted by atomic mass is 10.1. The molecule has 0 aliphatic carbocycles. The molecule has 114 valence electrons. The molecule has 0 amide bonds. The van der Waals surface area contributed by atoms with Crippen LogP contribution in [0.4, 0.5) is 20.2 Å². The zero-order chi connectivity index (χ0) is 16.3. The number of hydrogen-bond acceptors (Lipinski definition) is 3. The Balaban J connectivity index is 2.28. The summed E-state index contributed by atoms with van der Waals surface area (Å²) in [6.07, 6.45) is 0. The predicted octanol–water partition coefficient (Wildman–Crippen LogP) is 3.54. The van der Waals surface area contributed by atoms with Gasteiger partial charge in [0.2, 0.25) is 0 Å². The number of benzene rings is 2. The van der Waals surface area contributed by atoms with E-state index in [4.69, 9.17) is 5.26 Å². The molecular weight excluding hydrogens is 284 g/mol. The van der Waals surface area contributed by atoms with Crippen molar-refractivity contribution in [3.05, 3.63) is 59.2 Å². The first-order chi connectivity index (χ1) is 10.4. The van der Waals surface area contributed by atoms with Gasteiger partial charge in [-0.3, -0.25) is 0 Å². The molecule has 3 nitrogen and oxygen atoms in total. The monoisotopic (exact) mass is 301 g/mol. The second-order valence-electron chi connectivity index (χ2n) is 5.32. The summed E-state index contributed by atoms with van der Waals surface area (Å²) in [6.45, 7) is 0.363. The Kier molecular flexibility index (Phi) is 4.62. The van der Waals surface area contributed by atoms with Crippen LogP contribution in [-0.4, -0.2) is 21.1 Å². The zero-order valence-electron chi connectivity index (χ0n) is 12.8. The molecule has 0 saturated heterocycles. The standard InChI is InChI=1S/C17H17F2N3/c1-21(2)14-6-4-5-12(7-14)11-22(3)17-15(18)8-13(10-20)9-16(17)19/h4-9H,11H2,1-3H3. The summed E-state index contributed by atoms with van der Waals surface area (Å²) in [5.41, 5.74) is 1.81. The maximum atomic E-state index is 14.0. The fourth-order valence-corrected chi connectivity index (χ4v) is 2.28. The Hall–Kier alpha value is -2.61. The molecule has 0 unspecified atom stereocenters. The van der Waals surface area contributed by atoms with Crippen LogP contribution >= 0.6 is 0 Å². The molecule has 0 radical (unpaired) electrons. The average Bonchev–Trinajstić information content (AvgIpc) is 2.46. The van der Waals surface area contributed by atoms with E-state index in [-0.39, 0.29) is 11.3 Å². The van der Waals surface area contributed by atoms with Gasteiger partial charge in [-0.05, 0) is 29.8 Å². The van der Waals surface area contributed by atoms with Gasteiger partial charge in [0.15, 0.2) is 11.6 Å². The van der Waals surface area contributed by atoms with Crippen LogP contribution in [0.25, 0.3) is 0 Å². The number of anilines is 2. The third kappa shape index (κ3) is 3.34. The molecule has 0 aromatic heterocycles. The van der Waals surface area contributed by atoms with Gasteiger partial charge in [-0.2, -0.15) is 5.26 Å². The van der Waals surface area contributed by atoms with Crippen LogP contribution in [0.3, 0.4) is 0 Å². The highest BCUT2D eigenvalue weighted by atomic mass is 19.1. The molecule has 0 N–H and O–H groups in total. The molecule has 2 aromatic carbocycles. The van der Waals surface area contributed by atoms with Crippen LogP contribution in [0.15, 0.2) is 36.4 Å². The van der Waals surface area contributed by atoms with Gasteiger partial charge in [0.25, 0.3) is 0 Å². The summed E-state index contributed by atoms with van der Waals surface area (Å²) in [6, 6.07) is 11.6. The van der Waals surface area contributed by atoms with Crippen molar-refractivity contribution in [2.45, 2.75) is 6.54 Å². The number of nitriles is 1. The lowest BCUT2D eigenvalue weighted by Crippen LogP contribution is -2.19. The Morgan fingerprint density at radius 1 is 1.05 bits per heavy atom. The summed E-state index contributed by atoms with van der Waals surface area (Å²) in [4.78, 5) is 3.47. The first-order valence-electron chi connectivity index (χ1n) is 6.79. The van der Waals surface area contributed by atoms with Crippen LogP contribution in [0.5, 0.6) is 0 Å². The molecule has 2 aromatic rings. The molecule has 5 heteroatoms. The van der Waals surface area contributed by atoms with Crippen molar-refractivity contribution in [1.82, 2.24) is 0 Å². The third-order valence-corrected chi connectivity index (χ3v) is 3.37. The van der Waals surface area contributed by atoms with Crippen molar-refractivity contribution in [1.29, 1.82) is 5.26 Å². The molecule has 0 heterocycles. The summed E-state index contributed by atoms with van der Waals surface area (Å²) in [5.74, 6) is -1.47. The quantitative estimate of drug-likeness (QED) is 0.865. The lowest BCUT2D eigenvalue weighted by Gasteiger charge is -2.22. The van der Waals surface area contributed by atoms with Gasteiger partial charge in [-0.15, -0.1) is 0 Å². The molecule has 22 heavy (non-hydrogen) atoms. The van der Waals surface area contributed by atoms with Crippen LogP contribution in [0.1, 0.15) is 11.1 Å². The summed E-state index contributed by atoms with van der Waals surface area (Å²) < 4.78 is 28.0. The minimum Gasteiger partial charge on any atom is -0.378 e. The number of halogens is 2. The normalized spacial score (nSPS) is 10.2. The van der Waals surface area contributed by atoms with Crippen molar-refractivity contribution in [3.63, 3.8) is 0 Å². The van der Waals surface area contributed by atoms with Gasteiger partial charge in [-0.1, -0.05) is 12.1 Å². The van der Waals surface area contributed by atoms with Gasteiger partial charge in [0, 0.05) is 33.4 Å². The van der Waals surface area contributed by atoms with Crippen LogP contribution in [0, 0.1) is 23.0 Å². The highest BCUT2D eigenvalue weighted by Crippen LogP contribution is 2.26. The van der Waals surface area contributed by atoms with Gasteiger partial charge in [-0.25, -0.2) is 8.78 Å². The largest absolute Gasteiger partial charge is 0.378 e. The molecule has 0 bridgehead atoms. The van der Waals surface area contributed by atoms with Crippen molar-refractivity contribution in [2.75, 3.05) is 30.9 Å². The Morgan fingerprint density at radius 2 is 1.68 bits per heavy atom. The maximum Gasteiger partial charge on any atom is 0.150 e. The molecule has 0 spiro atoms. The van der Waals surface area contributed by atoms with E-state index < -0.39 is 11.6 Å². The van der Waals surface area contributed by atoms with E-state index >= 15 is 0 Å². The Bertz CT molecular complexity index is 697. The minimum atomic E-state index is -0.734. The number of hydrogen-bond donors (Lipinski definition) is 0. The van der Waals surface area contributed by atoms with Crippen molar-refractivity contribution in [2.24, 2.45) is 0 Å². The fraction of sp³-hybridized carbons (Fsp3) is 0.235. The molecule has 0 aliphatic rings. The smallest absolute Gasteiger partial charge is 0.150 e. The SMILES string of the molecule is CN(C)c1cccc(CN(C)c2c(F)cc(C#N)cc2F)c1. The Morgan fingerprint density at radius 3 is 2.23 bits per heavy atom. The van der Waals surface area contributed by atoms with E-state index in [9.17, 15) is 8.78 Å². The van der Waals surface area contributed by atoms with E-state index in [1.54, 1.807) is 13.1 Å². The number of nitrogens with zero attached hydrogens (tertiary/aromatic N) is 3. The van der Waals surface area contributed by atoms with Gasteiger partial charge in [0.05, 0.1) is 11.6 Å². The first-order valence-corrected chi connectivity index (χ1v) is 6.79.